The van der Waals surface area contributed by atoms with Crippen LogP contribution in [0.2, 0.25) is 0 Å². The lowest BCUT2D eigenvalue weighted by Gasteiger charge is -2.17. The van der Waals surface area contributed by atoms with Gasteiger partial charge >= 0.3 is 0 Å². The van der Waals surface area contributed by atoms with Gasteiger partial charge in [0.25, 0.3) is 0 Å². The molecule has 3 N–H and O–H groups in total. The Bertz CT molecular complexity index is 578. The number of nitrogen functional groups attached to an aromatic ring is 1. The Hall–Kier alpha value is -2.44. The minimum Gasteiger partial charge on any atom is -0.482 e. The third-order valence-corrected chi connectivity index (χ3v) is 3.15. The topological polar surface area (TPSA) is 98.8 Å². The van der Waals surface area contributed by atoms with Gasteiger partial charge in [-0.3, -0.25) is 0 Å². The van der Waals surface area contributed by atoms with E-state index in [9.17, 15) is 0 Å². The first-order chi connectivity index (χ1) is 10.7. The third kappa shape index (κ3) is 4.83. The maximum absolute atomic E-state index is 5.74. The Morgan fingerprint density at radius 2 is 2.27 bits per heavy atom. The molecule has 7 nitrogen and oxygen atoms in total. The quantitative estimate of drug-likeness (QED) is 0.772. The summed E-state index contributed by atoms with van der Waals surface area (Å²) in [7, 11) is 0. The molecule has 22 heavy (non-hydrogen) atoms. The van der Waals surface area contributed by atoms with Gasteiger partial charge in [-0.25, -0.2) is 4.98 Å². The molecule has 2 aromatic rings. The molecule has 0 saturated carbocycles. The number of rotatable bonds is 8. The van der Waals surface area contributed by atoms with Crippen molar-refractivity contribution < 1.29 is 4.74 Å². The van der Waals surface area contributed by atoms with Crippen LogP contribution in [0.3, 0.4) is 0 Å². The van der Waals surface area contributed by atoms with Gasteiger partial charge in [0.1, 0.15) is 12.3 Å². The van der Waals surface area contributed by atoms with E-state index in [0.29, 0.717) is 18.2 Å². The van der Waals surface area contributed by atoms with Gasteiger partial charge in [0.05, 0.1) is 6.20 Å². The number of anilines is 2. The summed E-state index contributed by atoms with van der Waals surface area (Å²) in [6.07, 6.45) is 6.58. The molecule has 0 aliphatic heterocycles. The van der Waals surface area contributed by atoms with Crippen molar-refractivity contribution in [1.29, 1.82) is 0 Å². The second-order valence-electron chi connectivity index (χ2n) is 5.13. The van der Waals surface area contributed by atoms with Crippen LogP contribution in [0.25, 0.3) is 0 Å². The Kier molecular flexibility index (Phi) is 5.88. The molecule has 0 unspecified atom stereocenters. The van der Waals surface area contributed by atoms with Crippen molar-refractivity contribution >= 4 is 11.8 Å². The highest BCUT2D eigenvalue weighted by Crippen LogP contribution is 2.24. The van der Waals surface area contributed by atoms with Crippen molar-refractivity contribution in [3.05, 3.63) is 30.2 Å². The Labute approximate surface area is 130 Å². The van der Waals surface area contributed by atoms with Crippen LogP contribution < -0.4 is 15.8 Å². The van der Waals surface area contributed by atoms with Crippen molar-refractivity contribution in [2.45, 2.75) is 45.8 Å². The lowest BCUT2D eigenvalue weighted by molar-refractivity contribution is 0.298. The van der Waals surface area contributed by atoms with Crippen LogP contribution >= 0.6 is 0 Å². The fraction of sp³-hybridized carbons (Fsp3) is 0.467. The van der Waals surface area contributed by atoms with E-state index in [1.807, 2.05) is 12.1 Å². The first-order valence-electron chi connectivity index (χ1n) is 7.47. The first-order valence-corrected chi connectivity index (χ1v) is 7.47. The monoisotopic (exact) mass is 302 g/mol. The van der Waals surface area contributed by atoms with E-state index in [4.69, 9.17) is 10.5 Å². The fourth-order valence-electron chi connectivity index (χ4n) is 1.97. The van der Waals surface area contributed by atoms with Gasteiger partial charge in [0, 0.05) is 12.2 Å². The molecule has 1 atom stereocenters. The van der Waals surface area contributed by atoms with E-state index in [1.165, 1.54) is 0 Å². The van der Waals surface area contributed by atoms with Crippen LogP contribution in [0, 0.1) is 0 Å². The molecule has 2 heterocycles. The summed E-state index contributed by atoms with van der Waals surface area (Å²) in [5, 5.41) is 11.1. The Morgan fingerprint density at radius 3 is 3.00 bits per heavy atom. The Balaban J connectivity index is 2.03. The molecule has 2 rings (SSSR count). The summed E-state index contributed by atoms with van der Waals surface area (Å²) >= 11 is 0. The van der Waals surface area contributed by atoms with Gasteiger partial charge in [0.15, 0.2) is 11.6 Å². The number of ether oxygens (including phenoxy) is 1. The zero-order valence-corrected chi connectivity index (χ0v) is 13.0. The molecule has 118 valence electrons. The lowest BCUT2D eigenvalue weighted by atomic mass is 10.1. The van der Waals surface area contributed by atoms with Crippen molar-refractivity contribution in [2.75, 3.05) is 11.1 Å². The van der Waals surface area contributed by atoms with Crippen LogP contribution in [0.15, 0.2) is 24.5 Å². The number of hydrogen-bond acceptors (Lipinski definition) is 7. The minimum absolute atomic E-state index is 0.219. The van der Waals surface area contributed by atoms with Crippen LogP contribution in [-0.2, 0) is 6.61 Å². The van der Waals surface area contributed by atoms with Crippen molar-refractivity contribution in [3.8, 4) is 5.75 Å². The number of hydrogen-bond donors (Lipinski definition) is 2. The number of nitrogens with zero attached hydrogens (tertiary/aromatic N) is 4. The SMILES string of the molecule is CCCC[C@@H](C)Nc1nc(N)ncc1OCc1cccnn1. The van der Waals surface area contributed by atoms with Crippen LogP contribution in [0.1, 0.15) is 38.8 Å². The molecule has 0 fully saturated rings. The summed E-state index contributed by atoms with van der Waals surface area (Å²) in [6, 6.07) is 3.95. The molecule has 0 aliphatic rings. The molecule has 2 aromatic heterocycles. The zero-order chi connectivity index (χ0) is 15.8. The normalized spacial score (nSPS) is 11.9. The van der Waals surface area contributed by atoms with Crippen molar-refractivity contribution in [2.24, 2.45) is 0 Å². The third-order valence-electron chi connectivity index (χ3n) is 3.15. The van der Waals surface area contributed by atoms with E-state index >= 15 is 0 Å². The van der Waals surface area contributed by atoms with Gasteiger partial charge in [-0.15, -0.1) is 0 Å². The molecule has 0 aliphatic carbocycles. The summed E-state index contributed by atoms with van der Waals surface area (Å²) in [5.74, 6) is 1.39. The standard InChI is InChI=1S/C15H22N6O/c1-3-4-6-11(2)19-14-13(9-17-15(16)20-14)22-10-12-7-5-8-18-21-12/h5,7-9,11H,3-4,6,10H2,1-2H3,(H3,16,17,19,20)/t11-/m1/s1. The molecule has 0 spiro atoms. The zero-order valence-electron chi connectivity index (χ0n) is 13.0. The molecule has 0 radical (unpaired) electrons. The molecule has 0 aromatic carbocycles. The van der Waals surface area contributed by atoms with Gasteiger partial charge < -0.3 is 15.8 Å². The van der Waals surface area contributed by atoms with E-state index in [0.717, 1.165) is 25.0 Å². The molecule has 0 bridgehead atoms. The van der Waals surface area contributed by atoms with Gasteiger partial charge in [-0.05, 0) is 25.5 Å². The van der Waals surface area contributed by atoms with Crippen LogP contribution in [0.5, 0.6) is 5.75 Å². The largest absolute Gasteiger partial charge is 0.482 e. The van der Waals surface area contributed by atoms with Crippen molar-refractivity contribution in [3.63, 3.8) is 0 Å². The molecular formula is C15H22N6O. The Morgan fingerprint density at radius 1 is 1.41 bits per heavy atom. The average Bonchev–Trinajstić information content (AvgIpc) is 2.53. The summed E-state index contributed by atoms with van der Waals surface area (Å²) in [5.41, 5.74) is 6.41. The highest BCUT2D eigenvalue weighted by Gasteiger charge is 2.11. The predicted molar refractivity (Wildman–Crippen MR) is 85.4 cm³/mol. The molecule has 0 saturated heterocycles. The van der Waals surface area contributed by atoms with E-state index in [-0.39, 0.29) is 12.0 Å². The number of nitrogens with two attached hydrogens (primary N) is 1. The average molecular weight is 302 g/mol. The summed E-state index contributed by atoms with van der Waals surface area (Å²) in [4.78, 5) is 8.22. The number of nitrogens with one attached hydrogen (secondary N) is 1. The summed E-state index contributed by atoms with van der Waals surface area (Å²) in [6.45, 7) is 4.59. The van der Waals surface area contributed by atoms with Crippen LogP contribution in [-0.4, -0.2) is 26.2 Å². The van der Waals surface area contributed by atoms with Gasteiger partial charge in [-0.1, -0.05) is 19.8 Å². The molecule has 0 amide bonds. The van der Waals surface area contributed by atoms with E-state index in [2.05, 4.69) is 39.3 Å². The second kappa shape index (κ2) is 8.11. The highest BCUT2D eigenvalue weighted by atomic mass is 16.5. The van der Waals surface area contributed by atoms with E-state index < -0.39 is 0 Å². The fourth-order valence-corrected chi connectivity index (χ4v) is 1.97. The number of aromatic nitrogens is 4. The first kappa shape index (κ1) is 15.9. The number of unbranched alkanes of at least 4 members (excludes halogenated alkanes) is 1. The van der Waals surface area contributed by atoms with Gasteiger partial charge in [-0.2, -0.15) is 15.2 Å². The smallest absolute Gasteiger partial charge is 0.222 e. The summed E-state index contributed by atoms with van der Waals surface area (Å²) < 4.78 is 5.74. The molecular weight excluding hydrogens is 280 g/mol. The second-order valence-corrected chi connectivity index (χ2v) is 5.13. The van der Waals surface area contributed by atoms with E-state index in [1.54, 1.807) is 12.4 Å². The van der Waals surface area contributed by atoms with Crippen LogP contribution in [0.4, 0.5) is 11.8 Å². The molecule has 7 heteroatoms. The highest BCUT2D eigenvalue weighted by molar-refractivity contribution is 5.51. The predicted octanol–water partition coefficient (Wildman–Crippen LogP) is 2.42. The van der Waals surface area contributed by atoms with Gasteiger partial charge in [0.2, 0.25) is 5.95 Å². The lowest BCUT2D eigenvalue weighted by Crippen LogP contribution is -2.17. The maximum atomic E-state index is 5.74. The van der Waals surface area contributed by atoms with Crippen molar-refractivity contribution in [1.82, 2.24) is 20.2 Å². The maximum Gasteiger partial charge on any atom is 0.222 e. The minimum atomic E-state index is 0.219.